The third kappa shape index (κ3) is 1.25. The molecule has 1 atom stereocenters. The van der Waals surface area contributed by atoms with Crippen LogP contribution in [0.5, 0.6) is 11.5 Å². The standard InChI is InChI=1S/C14H10N2O2S/c15-13-12-11(9-2-1-5-16(9)13)8-4-3-7(17)6-10(8)18-14(12)19/h1-6,11,17H,15H2. The van der Waals surface area contributed by atoms with Crippen LogP contribution in [0.25, 0.3) is 5.82 Å². The molecule has 1 aromatic carbocycles. The molecule has 19 heavy (non-hydrogen) atoms. The number of nitrogens with zero attached hydrogens (tertiary/aromatic N) is 1. The minimum Gasteiger partial charge on any atom is -0.508 e. The molecular weight excluding hydrogens is 260 g/mol. The van der Waals surface area contributed by atoms with Gasteiger partial charge in [0, 0.05) is 23.5 Å². The van der Waals surface area contributed by atoms with E-state index in [-0.39, 0.29) is 11.7 Å². The van der Waals surface area contributed by atoms with Gasteiger partial charge < -0.3 is 20.1 Å². The molecule has 5 heteroatoms. The maximum Gasteiger partial charge on any atom is 0.198 e. The predicted octanol–water partition coefficient (Wildman–Crippen LogP) is 2.19. The van der Waals surface area contributed by atoms with Gasteiger partial charge in [0.25, 0.3) is 0 Å². The summed E-state index contributed by atoms with van der Waals surface area (Å²) in [4.78, 5) is 0. The Hall–Kier alpha value is -2.27. The first-order chi connectivity index (χ1) is 9.16. The molecule has 2 aromatic rings. The molecule has 0 bridgehead atoms. The van der Waals surface area contributed by atoms with Crippen molar-refractivity contribution in [1.29, 1.82) is 0 Å². The summed E-state index contributed by atoms with van der Waals surface area (Å²) < 4.78 is 7.55. The predicted molar refractivity (Wildman–Crippen MR) is 75.0 cm³/mol. The number of hydrogen-bond donors (Lipinski definition) is 2. The molecule has 3 N–H and O–H groups in total. The second kappa shape index (κ2) is 3.39. The molecular formula is C14H10N2O2S. The third-order valence-corrected chi connectivity index (χ3v) is 3.93. The topological polar surface area (TPSA) is 60.4 Å². The van der Waals surface area contributed by atoms with Gasteiger partial charge in [-0.25, -0.2) is 0 Å². The number of benzene rings is 1. The van der Waals surface area contributed by atoms with Crippen LogP contribution in [0, 0.1) is 0 Å². The van der Waals surface area contributed by atoms with Crippen LogP contribution in [0.1, 0.15) is 17.2 Å². The van der Waals surface area contributed by atoms with Gasteiger partial charge in [-0.2, -0.15) is 0 Å². The van der Waals surface area contributed by atoms with Gasteiger partial charge in [-0.05, 0) is 30.4 Å². The van der Waals surface area contributed by atoms with Gasteiger partial charge in [-0.1, -0.05) is 6.07 Å². The quantitative estimate of drug-likeness (QED) is 0.720. The van der Waals surface area contributed by atoms with Crippen molar-refractivity contribution >= 4 is 23.1 Å². The zero-order chi connectivity index (χ0) is 13.1. The fraction of sp³-hybridized carbons (Fsp3) is 0.0714. The van der Waals surface area contributed by atoms with E-state index in [4.69, 9.17) is 22.7 Å². The molecule has 0 spiro atoms. The molecule has 4 nitrogen and oxygen atoms in total. The molecule has 1 aromatic heterocycles. The summed E-state index contributed by atoms with van der Waals surface area (Å²) >= 11 is 5.30. The molecule has 0 aliphatic carbocycles. The molecule has 0 saturated heterocycles. The molecule has 1 unspecified atom stereocenters. The minimum atomic E-state index is -0.00755. The van der Waals surface area contributed by atoms with Crippen molar-refractivity contribution in [1.82, 2.24) is 4.57 Å². The number of phenols is 1. The SMILES string of the molecule is NC1=C2C(=S)Oc3cc(O)ccc3C2c2cccn21. The number of aromatic nitrogens is 1. The Labute approximate surface area is 114 Å². The average molecular weight is 270 g/mol. The molecule has 0 amide bonds. The Bertz CT molecular complexity index is 761. The van der Waals surface area contributed by atoms with E-state index >= 15 is 0 Å². The zero-order valence-corrected chi connectivity index (χ0v) is 10.6. The van der Waals surface area contributed by atoms with E-state index in [9.17, 15) is 5.11 Å². The van der Waals surface area contributed by atoms with E-state index in [1.165, 1.54) is 0 Å². The van der Waals surface area contributed by atoms with Crippen molar-refractivity contribution in [2.75, 3.05) is 0 Å². The molecule has 4 rings (SSSR count). The average Bonchev–Trinajstić information content (AvgIpc) is 2.93. The second-order valence-corrected chi connectivity index (χ2v) is 5.02. The van der Waals surface area contributed by atoms with Crippen LogP contribution in [0.2, 0.25) is 0 Å². The van der Waals surface area contributed by atoms with E-state index in [0.717, 1.165) is 16.8 Å². The summed E-state index contributed by atoms with van der Waals surface area (Å²) in [7, 11) is 0. The van der Waals surface area contributed by atoms with Crippen LogP contribution in [0.15, 0.2) is 42.1 Å². The minimum absolute atomic E-state index is 0.00755. The molecule has 3 heterocycles. The normalized spacial score (nSPS) is 19.8. The highest BCUT2D eigenvalue weighted by atomic mass is 32.1. The van der Waals surface area contributed by atoms with Crippen molar-refractivity contribution in [3.8, 4) is 11.5 Å². The third-order valence-electron chi connectivity index (χ3n) is 3.63. The molecule has 94 valence electrons. The van der Waals surface area contributed by atoms with Crippen molar-refractivity contribution < 1.29 is 9.84 Å². The highest BCUT2D eigenvalue weighted by molar-refractivity contribution is 7.80. The highest BCUT2D eigenvalue weighted by Gasteiger charge is 2.39. The number of thiocarbonyl (C=S) groups is 1. The van der Waals surface area contributed by atoms with Crippen LogP contribution in [-0.4, -0.2) is 14.7 Å². The lowest BCUT2D eigenvalue weighted by molar-refractivity contribution is 0.466. The first-order valence-corrected chi connectivity index (χ1v) is 6.30. The fourth-order valence-electron chi connectivity index (χ4n) is 2.82. The summed E-state index contributed by atoms with van der Waals surface area (Å²) in [6.07, 6.45) is 1.92. The zero-order valence-electron chi connectivity index (χ0n) is 9.83. The summed E-state index contributed by atoms with van der Waals surface area (Å²) in [6.45, 7) is 0. The second-order valence-electron chi connectivity index (χ2n) is 4.65. The largest absolute Gasteiger partial charge is 0.508 e. The van der Waals surface area contributed by atoms with Crippen LogP contribution >= 0.6 is 12.2 Å². The first kappa shape index (κ1) is 10.6. The van der Waals surface area contributed by atoms with E-state index in [1.54, 1.807) is 12.1 Å². The van der Waals surface area contributed by atoms with Gasteiger partial charge in [0.1, 0.15) is 17.3 Å². The fourth-order valence-corrected chi connectivity index (χ4v) is 3.13. The Kier molecular flexibility index (Phi) is 1.90. The van der Waals surface area contributed by atoms with Crippen LogP contribution in [0.3, 0.4) is 0 Å². The Morgan fingerprint density at radius 1 is 1.32 bits per heavy atom. The lowest BCUT2D eigenvalue weighted by Crippen LogP contribution is -2.22. The Morgan fingerprint density at radius 2 is 2.16 bits per heavy atom. The maximum atomic E-state index is 9.56. The lowest BCUT2D eigenvalue weighted by Gasteiger charge is -2.25. The summed E-state index contributed by atoms with van der Waals surface area (Å²) in [6, 6.07) is 9.07. The van der Waals surface area contributed by atoms with Gasteiger partial charge in [-0.3, -0.25) is 0 Å². The highest BCUT2D eigenvalue weighted by Crippen LogP contribution is 2.48. The summed E-state index contributed by atoms with van der Waals surface area (Å²) in [5.41, 5.74) is 9.03. The van der Waals surface area contributed by atoms with Crippen molar-refractivity contribution in [3.63, 3.8) is 0 Å². The van der Waals surface area contributed by atoms with Crippen molar-refractivity contribution in [2.45, 2.75) is 5.92 Å². The van der Waals surface area contributed by atoms with Crippen LogP contribution in [0.4, 0.5) is 0 Å². The number of phenolic OH excluding ortho intramolecular Hbond substituents is 1. The van der Waals surface area contributed by atoms with E-state index in [2.05, 4.69) is 0 Å². The number of hydrogen-bond acceptors (Lipinski definition) is 4. The molecule has 2 aliphatic heterocycles. The smallest absolute Gasteiger partial charge is 0.198 e. The van der Waals surface area contributed by atoms with E-state index in [0.29, 0.717) is 16.6 Å². The number of aromatic hydroxyl groups is 1. The van der Waals surface area contributed by atoms with Crippen molar-refractivity contribution in [2.24, 2.45) is 5.73 Å². The van der Waals surface area contributed by atoms with Crippen LogP contribution in [-0.2, 0) is 0 Å². The summed E-state index contributed by atoms with van der Waals surface area (Å²) in [5, 5.41) is 9.94. The van der Waals surface area contributed by atoms with Gasteiger partial charge >= 0.3 is 0 Å². The van der Waals surface area contributed by atoms with Crippen LogP contribution < -0.4 is 10.5 Å². The Balaban J connectivity index is 2.04. The summed E-state index contributed by atoms with van der Waals surface area (Å²) in [5.74, 6) is 1.37. The van der Waals surface area contributed by atoms with Crippen molar-refractivity contribution in [3.05, 3.63) is 53.4 Å². The van der Waals surface area contributed by atoms with Gasteiger partial charge in [-0.15, -0.1) is 0 Å². The Morgan fingerprint density at radius 3 is 3.00 bits per heavy atom. The maximum absolute atomic E-state index is 9.56. The number of fused-ring (bicyclic) bond motifs is 5. The van der Waals surface area contributed by atoms with Gasteiger partial charge in [0.05, 0.1) is 11.5 Å². The number of nitrogens with two attached hydrogens (primary N) is 1. The monoisotopic (exact) mass is 270 g/mol. The lowest BCUT2D eigenvalue weighted by atomic mass is 9.88. The van der Waals surface area contributed by atoms with Gasteiger partial charge in [0.2, 0.25) is 0 Å². The molecule has 2 aliphatic rings. The molecule has 0 saturated carbocycles. The molecule has 0 fully saturated rings. The van der Waals surface area contributed by atoms with E-state index < -0.39 is 0 Å². The van der Waals surface area contributed by atoms with Gasteiger partial charge in [0.15, 0.2) is 5.05 Å². The molecule has 0 radical (unpaired) electrons. The first-order valence-electron chi connectivity index (χ1n) is 5.89. The van der Waals surface area contributed by atoms with E-state index in [1.807, 2.05) is 29.0 Å². The number of rotatable bonds is 0. The number of ether oxygens (including phenoxy) is 1.